The lowest BCUT2D eigenvalue weighted by Gasteiger charge is -2.19. The van der Waals surface area contributed by atoms with Crippen molar-refractivity contribution < 1.29 is 19.8 Å². The van der Waals surface area contributed by atoms with Crippen LogP contribution in [0.5, 0.6) is 0 Å². The molecule has 0 saturated carbocycles. The molecule has 5 nitrogen and oxygen atoms in total. The van der Waals surface area contributed by atoms with Crippen molar-refractivity contribution in [2.75, 3.05) is 18.1 Å². The van der Waals surface area contributed by atoms with E-state index >= 15 is 0 Å². The monoisotopic (exact) mass is 235 g/mol. The number of carbonyl (C=O) groups excluding carboxylic acids is 1. The molecule has 1 atom stereocenters. The Labute approximate surface area is 93.2 Å². The molecule has 0 aromatic rings. The zero-order valence-electron chi connectivity index (χ0n) is 8.90. The van der Waals surface area contributed by atoms with E-state index in [0.717, 1.165) is 11.8 Å². The number of nitrogens with one attached hydrogen (secondary N) is 1. The van der Waals surface area contributed by atoms with Gasteiger partial charge in [-0.05, 0) is 5.92 Å². The van der Waals surface area contributed by atoms with Gasteiger partial charge in [0.25, 0.3) is 0 Å². The number of amides is 1. The summed E-state index contributed by atoms with van der Waals surface area (Å²) in [5.74, 6) is -0.998. The van der Waals surface area contributed by atoms with Crippen LogP contribution in [0.1, 0.15) is 13.8 Å². The molecular formula is C9H17NO4S. The molecule has 0 aliphatic rings. The Morgan fingerprint density at radius 3 is 2.33 bits per heavy atom. The van der Waals surface area contributed by atoms with Crippen LogP contribution in [0.4, 0.5) is 0 Å². The second kappa shape index (κ2) is 7.53. The molecule has 0 heterocycles. The molecule has 0 bridgehead atoms. The first-order valence-corrected chi connectivity index (χ1v) is 5.82. The number of thioether (sulfide) groups is 1. The SMILES string of the molecule is CC(C)C(CO)NC(=O)CSCC(=O)O. The Morgan fingerprint density at radius 1 is 1.33 bits per heavy atom. The smallest absolute Gasteiger partial charge is 0.313 e. The van der Waals surface area contributed by atoms with E-state index in [-0.39, 0.29) is 36.0 Å². The number of rotatable bonds is 7. The van der Waals surface area contributed by atoms with Crippen LogP contribution >= 0.6 is 11.8 Å². The highest BCUT2D eigenvalue weighted by Crippen LogP contribution is 2.03. The van der Waals surface area contributed by atoms with E-state index in [2.05, 4.69) is 5.32 Å². The molecule has 0 rings (SSSR count). The lowest BCUT2D eigenvalue weighted by molar-refractivity contribution is -0.133. The van der Waals surface area contributed by atoms with Gasteiger partial charge in [-0.2, -0.15) is 0 Å². The number of carboxylic acids is 1. The van der Waals surface area contributed by atoms with E-state index in [4.69, 9.17) is 10.2 Å². The molecule has 0 aromatic heterocycles. The topological polar surface area (TPSA) is 86.6 Å². The highest BCUT2D eigenvalue weighted by atomic mass is 32.2. The van der Waals surface area contributed by atoms with Gasteiger partial charge in [-0.1, -0.05) is 13.8 Å². The minimum Gasteiger partial charge on any atom is -0.481 e. The van der Waals surface area contributed by atoms with E-state index in [1.807, 2.05) is 13.8 Å². The first-order chi connectivity index (χ1) is 6.97. The number of hydrogen-bond donors (Lipinski definition) is 3. The molecular weight excluding hydrogens is 218 g/mol. The molecule has 0 fully saturated rings. The standard InChI is InChI=1S/C9H17NO4S/c1-6(2)7(3-11)10-8(12)4-15-5-9(13)14/h6-7,11H,3-5H2,1-2H3,(H,10,12)(H,13,14). The first kappa shape index (κ1) is 14.2. The van der Waals surface area contributed by atoms with Crippen molar-refractivity contribution in [2.24, 2.45) is 5.92 Å². The normalized spacial score (nSPS) is 12.5. The fraction of sp³-hybridized carbons (Fsp3) is 0.778. The third-order valence-electron chi connectivity index (χ3n) is 1.81. The molecule has 1 unspecified atom stereocenters. The second-order valence-electron chi connectivity index (χ2n) is 3.49. The molecule has 0 radical (unpaired) electrons. The fourth-order valence-electron chi connectivity index (χ4n) is 0.903. The predicted octanol–water partition coefficient (Wildman–Crippen LogP) is -0.0627. The summed E-state index contributed by atoms with van der Waals surface area (Å²) in [6, 6.07) is -0.261. The van der Waals surface area contributed by atoms with Crippen LogP contribution < -0.4 is 5.32 Å². The fourth-order valence-corrected chi connectivity index (χ4v) is 1.45. The summed E-state index contributed by atoms with van der Waals surface area (Å²) in [4.78, 5) is 21.4. The zero-order valence-corrected chi connectivity index (χ0v) is 9.71. The maximum atomic E-state index is 11.3. The molecule has 0 aliphatic carbocycles. The Bertz CT molecular complexity index is 220. The molecule has 3 N–H and O–H groups in total. The molecule has 0 spiro atoms. The largest absolute Gasteiger partial charge is 0.481 e. The number of carboxylic acid groups (broad SMARTS) is 1. The number of aliphatic carboxylic acids is 1. The van der Waals surface area contributed by atoms with Gasteiger partial charge in [0, 0.05) is 0 Å². The van der Waals surface area contributed by atoms with Gasteiger partial charge >= 0.3 is 5.97 Å². The lowest BCUT2D eigenvalue weighted by Crippen LogP contribution is -2.42. The van der Waals surface area contributed by atoms with Crippen LogP contribution in [0.15, 0.2) is 0 Å². The molecule has 0 aromatic carbocycles. The van der Waals surface area contributed by atoms with Crippen LogP contribution in [0.3, 0.4) is 0 Å². The van der Waals surface area contributed by atoms with Crippen molar-refractivity contribution in [3.8, 4) is 0 Å². The van der Waals surface area contributed by atoms with E-state index < -0.39 is 5.97 Å². The van der Waals surface area contributed by atoms with Crippen LogP contribution in [-0.2, 0) is 9.59 Å². The average molecular weight is 235 g/mol. The average Bonchev–Trinajstić information content (AvgIpc) is 2.13. The number of hydrogen-bond acceptors (Lipinski definition) is 4. The summed E-state index contributed by atoms with van der Waals surface area (Å²) in [6.07, 6.45) is 0. The maximum absolute atomic E-state index is 11.3. The maximum Gasteiger partial charge on any atom is 0.313 e. The molecule has 0 saturated heterocycles. The molecule has 6 heteroatoms. The van der Waals surface area contributed by atoms with Gasteiger partial charge in [0.1, 0.15) is 0 Å². The minimum atomic E-state index is -0.935. The van der Waals surface area contributed by atoms with Gasteiger partial charge in [0.05, 0.1) is 24.2 Å². The molecule has 88 valence electrons. The number of aliphatic hydroxyl groups is 1. The van der Waals surface area contributed by atoms with E-state index in [1.54, 1.807) is 0 Å². The van der Waals surface area contributed by atoms with Crippen molar-refractivity contribution >= 4 is 23.6 Å². The van der Waals surface area contributed by atoms with Crippen molar-refractivity contribution in [1.82, 2.24) is 5.32 Å². The Balaban J connectivity index is 3.76. The Morgan fingerprint density at radius 2 is 1.93 bits per heavy atom. The summed E-state index contributed by atoms with van der Waals surface area (Å²) in [5, 5.41) is 19.9. The molecule has 1 amide bonds. The number of aliphatic hydroxyl groups excluding tert-OH is 1. The van der Waals surface area contributed by atoms with Crippen molar-refractivity contribution in [3.63, 3.8) is 0 Å². The van der Waals surface area contributed by atoms with E-state index in [1.165, 1.54) is 0 Å². The van der Waals surface area contributed by atoms with Crippen LogP contribution in [0, 0.1) is 5.92 Å². The van der Waals surface area contributed by atoms with E-state index in [9.17, 15) is 9.59 Å². The third kappa shape index (κ3) is 7.21. The van der Waals surface area contributed by atoms with Gasteiger partial charge in [0.2, 0.25) is 5.91 Å². The summed E-state index contributed by atoms with van der Waals surface area (Å²) >= 11 is 1.04. The number of carbonyl (C=O) groups is 2. The summed E-state index contributed by atoms with van der Waals surface area (Å²) in [6.45, 7) is 3.68. The lowest BCUT2D eigenvalue weighted by atomic mass is 10.1. The van der Waals surface area contributed by atoms with Crippen molar-refractivity contribution in [2.45, 2.75) is 19.9 Å². The van der Waals surface area contributed by atoms with Crippen LogP contribution in [0.2, 0.25) is 0 Å². The van der Waals surface area contributed by atoms with Gasteiger partial charge in [-0.25, -0.2) is 0 Å². The van der Waals surface area contributed by atoms with Crippen LogP contribution in [0.25, 0.3) is 0 Å². The van der Waals surface area contributed by atoms with Gasteiger partial charge < -0.3 is 15.5 Å². The quantitative estimate of drug-likeness (QED) is 0.575. The highest BCUT2D eigenvalue weighted by molar-refractivity contribution is 8.00. The van der Waals surface area contributed by atoms with Crippen molar-refractivity contribution in [3.05, 3.63) is 0 Å². The minimum absolute atomic E-state index is 0.0844. The molecule has 15 heavy (non-hydrogen) atoms. The van der Waals surface area contributed by atoms with Crippen LogP contribution in [-0.4, -0.2) is 46.2 Å². The predicted molar refractivity (Wildman–Crippen MR) is 58.8 cm³/mol. The zero-order chi connectivity index (χ0) is 11.8. The third-order valence-corrected chi connectivity index (χ3v) is 2.72. The van der Waals surface area contributed by atoms with Gasteiger partial charge in [0.15, 0.2) is 0 Å². The summed E-state index contributed by atoms with van der Waals surface area (Å²) in [5.41, 5.74) is 0. The van der Waals surface area contributed by atoms with Gasteiger partial charge in [-0.3, -0.25) is 9.59 Å². The van der Waals surface area contributed by atoms with E-state index in [0.29, 0.717) is 0 Å². The van der Waals surface area contributed by atoms with Crippen molar-refractivity contribution in [1.29, 1.82) is 0 Å². The summed E-state index contributed by atoms with van der Waals surface area (Å²) in [7, 11) is 0. The Hall–Kier alpha value is -0.750. The first-order valence-electron chi connectivity index (χ1n) is 4.67. The van der Waals surface area contributed by atoms with Gasteiger partial charge in [-0.15, -0.1) is 11.8 Å². The molecule has 0 aliphatic heterocycles. The second-order valence-corrected chi connectivity index (χ2v) is 4.47. The summed E-state index contributed by atoms with van der Waals surface area (Å²) < 4.78 is 0. The Kier molecular flexibility index (Phi) is 7.15. The highest BCUT2D eigenvalue weighted by Gasteiger charge is 2.14.